The summed E-state index contributed by atoms with van der Waals surface area (Å²) >= 11 is 6.01. The maximum absolute atomic E-state index is 14.0. The number of rotatable bonds is 1. The maximum Gasteiger partial charge on any atom is 0.258 e. The molecule has 2 atom stereocenters. The van der Waals surface area contributed by atoms with E-state index in [0.29, 0.717) is 26.3 Å². The van der Waals surface area contributed by atoms with Crippen LogP contribution in [0.15, 0.2) is 18.2 Å². The SMILES string of the molecule is CN1C[C@H]2COC[C@@H]1CN(C(=O)c1c(F)cccc1Cl)C2. The summed E-state index contributed by atoms with van der Waals surface area (Å²) in [7, 11) is 2.04. The van der Waals surface area contributed by atoms with Crippen molar-refractivity contribution in [3.63, 3.8) is 0 Å². The summed E-state index contributed by atoms with van der Waals surface area (Å²) < 4.78 is 19.6. The highest BCUT2D eigenvalue weighted by Crippen LogP contribution is 2.24. The Morgan fingerprint density at radius 1 is 1.33 bits per heavy atom. The van der Waals surface area contributed by atoms with Gasteiger partial charge in [0, 0.05) is 25.6 Å². The molecule has 0 N–H and O–H groups in total. The quantitative estimate of drug-likeness (QED) is 0.794. The van der Waals surface area contributed by atoms with Crippen LogP contribution in [0.4, 0.5) is 4.39 Å². The van der Waals surface area contributed by atoms with Gasteiger partial charge in [-0.3, -0.25) is 9.69 Å². The largest absolute Gasteiger partial charge is 0.379 e. The van der Waals surface area contributed by atoms with E-state index in [-0.39, 0.29) is 28.5 Å². The molecule has 2 heterocycles. The van der Waals surface area contributed by atoms with Gasteiger partial charge in [0.25, 0.3) is 5.91 Å². The van der Waals surface area contributed by atoms with Crippen molar-refractivity contribution in [2.24, 2.45) is 5.92 Å². The van der Waals surface area contributed by atoms with E-state index in [9.17, 15) is 9.18 Å². The van der Waals surface area contributed by atoms with E-state index < -0.39 is 5.82 Å². The first-order chi connectivity index (χ1) is 10.1. The van der Waals surface area contributed by atoms with Gasteiger partial charge in [-0.25, -0.2) is 4.39 Å². The molecule has 4 nitrogen and oxygen atoms in total. The van der Waals surface area contributed by atoms with Crippen molar-refractivity contribution in [2.75, 3.05) is 39.9 Å². The number of hydrogen-bond acceptors (Lipinski definition) is 3. The van der Waals surface area contributed by atoms with Gasteiger partial charge >= 0.3 is 0 Å². The normalized spacial score (nSPS) is 26.5. The summed E-state index contributed by atoms with van der Waals surface area (Å²) in [6, 6.07) is 4.47. The van der Waals surface area contributed by atoms with Crippen molar-refractivity contribution in [2.45, 2.75) is 6.04 Å². The smallest absolute Gasteiger partial charge is 0.258 e. The lowest BCUT2D eigenvalue weighted by molar-refractivity contribution is 0.0431. The zero-order valence-electron chi connectivity index (χ0n) is 11.9. The second-order valence-electron chi connectivity index (χ2n) is 5.80. The van der Waals surface area contributed by atoms with Gasteiger partial charge in [0.2, 0.25) is 0 Å². The summed E-state index contributed by atoms with van der Waals surface area (Å²) in [5, 5.41) is 0.166. The molecule has 6 heteroatoms. The molecule has 0 saturated carbocycles. The number of carbonyl (C=O) groups excluding carboxylic acids is 1. The van der Waals surface area contributed by atoms with Crippen LogP contribution in [0.5, 0.6) is 0 Å². The fourth-order valence-electron chi connectivity index (χ4n) is 3.08. The highest BCUT2D eigenvalue weighted by atomic mass is 35.5. The predicted molar refractivity (Wildman–Crippen MR) is 78.0 cm³/mol. The minimum Gasteiger partial charge on any atom is -0.379 e. The average Bonchev–Trinajstić information content (AvgIpc) is 2.66. The fourth-order valence-corrected chi connectivity index (χ4v) is 3.32. The molecule has 3 rings (SSSR count). The molecule has 2 aliphatic rings. The monoisotopic (exact) mass is 312 g/mol. The number of halogens is 2. The zero-order chi connectivity index (χ0) is 15.0. The Bertz CT molecular complexity index is 534. The lowest BCUT2D eigenvalue weighted by Crippen LogP contribution is -2.45. The van der Waals surface area contributed by atoms with Crippen molar-refractivity contribution in [3.05, 3.63) is 34.6 Å². The molecule has 0 spiro atoms. The molecule has 0 unspecified atom stereocenters. The van der Waals surface area contributed by atoms with Gasteiger partial charge in [-0.05, 0) is 19.2 Å². The zero-order valence-corrected chi connectivity index (χ0v) is 12.6. The Kier molecular flexibility index (Phi) is 4.15. The number of amides is 1. The molecule has 0 radical (unpaired) electrons. The van der Waals surface area contributed by atoms with Crippen molar-refractivity contribution in [3.8, 4) is 0 Å². The molecule has 1 amide bonds. The summed E-state index contributed by atoms with van der Waals surface area (Å²) in [5.74, 6) is -0.645. The molecule has 1 aromatic rings. The molecule has 21 heavy (non-hydrogen) atoms. The molecule has 0 aromatic heterocycles. The number of carbonyl (C=O) groups is 1. The van der Waals surface area contributed by atoms with Crippen LogP contribution in [-0.4, -0.2) is 61.6 Å². The van der Waals surface area contributed by atoms with Crippen LogP contribution in [0, 0.1) is 11.7 Å². The Morgan fingerprint density at radius 3 is 2.90 bits per heavy atom. The van der Waals surface area contributed by atoms with Crippen LogP contribution in [0.1, 0.15) is 10.4 Å². The number of ether oxygens (including phenoxy) is 1. The Labute approximate surface area is 128 Å². The van der Waals surface area contributed by atoms with Gasteiger partial charge in [0.15, 0.2) is 0 Å². The Hall–Kier alpha value is -1.17. The molecule has 2 saturated heterocycles. The average molecular weight is 313 g/mol. The minimum atomic E-state index is -0.563. The third-order valence-electron chi connectivity index (χ3n) is 4.21. The van der Waals surface area contributed by atoms with E-state index in [1.807, 2.05) is 7.05 Å². The summed E-state index contributed by atoms with van der Waals surface area (Å²) in [6.45, 7) is 3.23. The fraction of sp³-hybridized carbons (Fsp3) is 0.533. The third kappa shape index (κ3) is 2.91. The van der Waals surface area contributed by atoms with E-state index in [4.69, 9.17) is 16.3 Å². The van der Waals surface area contributed by atoms with Crippen LogP contribution in [0.25, 0.3) is 0 Å². The van der Waals surface area contributed by atoms with Gasteiger partial charge in [0.1, 0.15) is 5.82 Å². The van der Waals surface area contributed by atoms with Crippen molar-refractivity contribution in [1.82, 2.24) is 9.80 Å². The van der Waals surface area contributed by atoms with Crippen molar-refractivity contribution < 1.29 is 13.9 Å². The van der Waals surface area contributed by atoms with Gasteiger partial charge in [-0.15, -0.1) is 0 Å². The summed E-state index contributed by atoms with van der Waals surface area (Å²) in [6.07, 6.45) is 0. The van der Waals surface area contributed by atoms with Crippen LogP contribution in [0.2, 0.25) is 5.02 Å². The van der Waals surface area contributed by atoms with Gasteiger partial charge < -0.3 is 9.64 Å². The third-order valence-corrected chi connectivity index (χ3v) is 4.52. The first kappa shape index (κ1) is 14.8. The lowest BCUT2D eigenvalue weighted by atomic mass is 10.1. The standard InChI is InChI=1S/C15H18ClFN2O2/c1-18-5-10-6-19(7-11(18)9-21-8-10)15(20)14-12(16)3-2-4-13(14)17/h2-4,10-11H,5-9H2,1H3/t10-,11+/m1/s1. The molecule has 114 valence electrons. The van der Waals surface area contributed by atoms with Gasteiger partial charge in [-0.2, -0.15) is 0 Å². The van der Waals surface area contributed by atoms with Crippen LogP contribution in [0.3, 0.4) is 0 Å². The molecule has 2 fully saturated rings. The molecule has 2 aliphatic heterocycles. The first-order valence-electron chi connectivity index (χ1n) is 7.07. The number of fused-ring (bicyclic) bond motifs is 3. The Morgan fingerprint density at radius 2 is 2.14 bits per heavy atom. The molecule has 1 aromatic carbocycles. The van der Waals surface area contributed by atoms with Gasteiger partial charge in [0.05, 0.1) is 29.8 Å². The number of hydrogen-bond donors (Lipinski definition) is 0. The van der Waals surface area contributed by atoms with Crippen LogP contribution < -0.4 is 0 Å². The summed E-state index contributed by atoms with van der Waals surface area (Å²) in [5.41, 5.74) is -0.0253. The first-order valence-corrected chi connectivity index (χ1v) is 7.45. The van der Waals surface area contributed by atoms with Crippen LogP contribution >= 0.6 is 11.6 Å². The highest BCUT2D eigenvalue weighted by Gasteiger charge is 2.34. The molecule has 2 bridgehead atoms. The highest BCUT2D eigenvalue weighted by molar-refractivity contribution is 6.33. The van der Waals surface area contributed by atoms with Crippen LogP contribution in [-0.2, 0) is 4.74 Å². The van der Waals surface area contributed by atoms with E-state index >= 15 is 0 Å². The van der Waals surface area contributed by atoms with Crippen molar-refractivity contribution in [1.29, 1.82) is 0 Å². The van der Waals surface area contributed by atoms with Gasteiger partial charge in [-0.1, -0.05) is 17.7 Å². The van der Waals surface area contributed by atoms with E-state index in [2.05, 4.69) is 4.90 Å². The maximum atomic E-state index is 14.0. The van der Waals surface area contributed by atoms with E-state index in [0.717, 1.165) is 6.54 Å². The topological polar surface area (TPSA) is 32.8 Å². The van der Waals surface area contributed by atoms with E-state index in [1.54, 1.807) is 11.0 Å². The second kappa shape index (κ2) is 5.91. The minimum absolute atomic E-state index is 0.0253. The number of nitrogens with zero attached hydrogens (tertiary/aromatic N) is 2. The predicted octanol–water partition coefficient (Wildman–Crippen LogP) is 1.88. The summed E-state index contributed by atoms with van der Waals surface area (Å²) in [4.78, 5) is 16.6. The van der Waals surface area contributed by atoms with E-state index in [1.165, 1.54) is 12.1 Å². The van der Waals surface area contributed by atoms with Crippen molar-refractivity contribution >= 4 is 17.5 Å². The molecule has 0 aliphatic carbocycles. The molecular weight excluding hydrogens is 295 g/mol. The Balaban J connectivity index is 1.88. The second-order valence-corrected chi connectivity index (χ2v) is 6.21. The lowest BCUT2D eigenvalue weighted by Gasteiger charge is -2.30. The number of benzene rings is 1. The molecular formula is C15H18ClFN2O2. The number of likely N-dealkylation sites (N-methyl/N-ethyl adjacent to an activating group) is 1.